The standard InChI is InChI=1S/C26H29ClN2O2/c1-3-16-15-29-11-9-17(16)12-24(29)26(22-13-18(27)4-7-25(22)30)20-8-10-28-23-6-5-19(31-2)14-21(20)23/h4-8,10,13-14,16-17,24,26,30H,3,9,11-12,15H2,1-2H3/t16-,17-,24-,26+/m0/s1. The summed E-state index contributed by atoms with van der Waals surface area (Å²) in [6.45, 7) is 4.57. The van der Waals surface area contributed by atoms with Crippen LogP contribution in [0.2, 0.25) is 5.02 Å². The molecule has 3 aromatic rings. The number of pyridine rings is 1. The van der Waals surface area contributed by atoms with Gasteiger partial charge in [-0.25, -0.2) is 0 Å². The molecule has 6 rings (SSSR count). The summed E-state index contributed by atoms with van der Waals surface area (Å²) in [5.41, 5.74) is 3.01. The third kappa shape index (κ3) is 3.66. The summed E-state index contributed by atoms with van der Waals surface area (Å²) >= 11 is 6.42. The Hall–Kier alpha value is -2.30. The van der Waals surface area contributed by atoms with Gasteiger partial charge in [-0.05, 0) is 79.3 Å². The van der Waals surface area contributed by atoms with Crippen molar-refractivity contribution in [2.75, 3.05) is 20.2 Å². The number of ether oxygens (including phenoxy) is 1. The van der Waals surface area contributed by atoms with E-state index in [0.29, 0.717) is 16.8 Å². The van der Waals surface area contributed by atoms with Crippen molar-refractivity contribution in [2.24, 2.45) is 11.8 Å². The van der Waals surface area contributed by atoms with Crippen molar-refractivity contribution in [1.82, 2.24) is 9.88 Å². The number of nitrogens with zero attached hydrogens (tertiary/aromatic N) is 2. The second-order valence-electron chi connectivity index (χ2n) is 8.98. The molecule has 31 heavy (non-hydrogen) atoms. The molecule has 0 radical (unpaired) electrons. The fourth-order valence-corrected chi connectivity index (χ4v) is 6.07. The molecule has 0 aliphatic carbocycles. The Labute approximate surface area is 188 Å². The number of fused-ring (bicyclic) bond motifs is 4. The number of hydrogen-bond donors (Lipinski definition) is 1. The molecule has 4 heterocycles. The van der Waals surface area contributed by atoms with Crippen LogP contribution < -0.4 is 4.74 Å². The summed E-state index contributed by atoms with van der Waals surface area (Å²) in [6.07, 6.45) is 5.53. The summed E-state index contributed by atoms with van der Waals surface area (Å²) in [4.78, 5) is 7.24. The number of phenols is 1. The van der Waals surface area contributed by atoms with Gasteiger partial charge in [0.25, 0.3) is 0 Å². The lowest BCUT2D eigenvalue weighted by atomic mass is 9.69. The van der Waals surface area contributed by atoms with E-state index in [1.165, 1.54) is 18.4 Å². The number of benzene rings is 2. The van der Waals surface area contributed by atoms with Crippen LogP contribution in [-0.4, -0.2) is 41.2 Å². The van der Waals surface area contributed by atoms with Crippen LogP contribution in [0.25, 0.3) is 10.9 Å². The Kier molecular flexibility index (Phi) is 5.53. The van der Waals surface area contributed by atoms with Crippen LogP contribution in [0.3, 0.4) is 0 Å². The zero-order valence-corrected chi connectivity index (χ0v) is 18.8. The Balaban J connectivity index is 1.69. The van der Waals surface area contributed by atoms with Gasteiger partial charge in [0.2, 0.25) is 0 Å². The number of piperidine rings is 3. The van der Waals surface area contributed by atoms with Crippen molar-refractivity contribution >= 4 is 22.5 Å². The predicted octanol–water partition coefficient (Wildman–Crippen LogP) is 5.85. The predicted molar refractivity (Wildman–Crippen MR) is 125 cm³/mol. The molecule has 2 aromatic carbocycles. The molecular weight excluding hydrogens is 408 g/mol. The molecule has 5 heteroatoms. The minimum atomic E-state index is 0.0110. The van der Waals surface area contributed by atoms with Gasteiger partial charge in [-0.1, -0.05) is 24.9 Å². The van der Waals surface area contributed by atoms with Gasteiger partial charge in [0.1, 0.15) is 11.5 Å². The summed E-state index contributed by atoms with van der Waals surface area (Å²) in [7, 11) is 1.69. The molecule has 0 amide bonds. The smallest absolute Gasteiger partial charge is 0.119 e. The maximum absolute atomic E-state index is 10.9. The van der Waals surface area contributed by atoms with Gasteiger partial charge in [0.15, 0.2) is 0 Å². The van der Waals surface area contributed by atoms with Gasteiger partial charge in [0.05, 0.1) is 12.6 Å². The van der Waals surface area contributed by atoms with E-state index in [4.69, 9.17) is 16.3 Å². The fourth-order valence-electron chi connectivity index (χ4n) is 5.89. The van der Waals surface area contributed by atoms with E-state index in [0.717, 1.165) is 53.6 Å². The molecule has 0 saturated carbocycles. The Morgan fingerprint density at radius 3 is 2.81 bits per heavy atom. The van der Waals surface area contributed by atoms with Crippen LogP contribution in [0.1, 0.15) is 43.2 Å². The van der Waals surface area contributed by atoms with E-state index < -0.39 is 0 Å². The largest absolute Gasteiger partial charge is 0.508 e. The van der Waals surface area contributed by atoms with Crippen LogP contribution in [0.15, 0.2) is 48.7 Å². The molecule has 3 fully saturated rings. The van der Waals surface area contributed by atoms with Crippen LogP contribution in [0, 0.1) is 11.8 Å². The highest BCUT2D eigenvalue weighted by atomic mass is 35.5. The number of aromatic hydroxyl groups is 1. The minimum Gasteiger partial charge on any atom is -0.508 e. The minimum absolute atomic E-state index is 0.0110. The zero-order valence-electron chi connectivity index (χ0n) is 18.1. The molecule has 3 aliphatic rings. The number of hydrogen-bond acceptors (Lipinski definition) is 4. The van der Waals surface area contributed by atoms with Gasteiger partial charge in [0, 0.05) is 40.7 Å². The van der Waals surface area contributed by atoms with Crippen molar-refractivity contribution in [1.29, 1.82) is 0 Å². The average Bonchev–Trinajstić information content (AvgIpc) is 2.81. The summed E-state index contributed by atoms with van der Waals surface area (Å²) in [5, 5.41) is 12.6. The topological polar surface area (TPSA) is 45.6 Å². The lowest BCUT2D eigenvalue weighted by molar-refractivity contribution is -0.00659. The van der Waals surface area contributed by atoms with E-state index in [2.05, 4.69) is 28.9 Å². The zero-order chi connectivity index (χ0) is 21.5. The second kappa shape index (κ2) is 8.33. The molecule has 1 N–H and O–H groups in total. The van der Waals surface area contributed by atoms with Crippen LogP contribution in [0.5, 0.6) is 11.5 Å². The molecule has 2 bridgehead atoms. The van der Waals surface area contributed by atoms with E-state index in [-0.39, 0.29) is 5.92 Å². The van der Waals surface area contributed by atoms with Crippen molar-refractivity contribution in [3.05, 3.63) is 64.8 Å². The fraction of sp³-hybridized carbons (Fsp3) is 0.423. The van der Waals surface area contributed by atoms with Crippen molar-refractivity contribution in [3.63, 3.8) is 0 Å². The lowest BCUT2D eigenvalue weighted by Gasteiger charge is -2.52. The molecule has 3 saturated heterocycles. The van der Waals surface area contributed by atoms with E-state index in [1.54, 1.807) is 19.2 Å². The molecule has 1 unspecified atom stereocenters. The maximum atomic E-state index is 10.9. The summed E-state index contributed by atoms with van der Waals surface area (Å²) < 4.78 is 5.52. The first-order valence-electron chi connectivity index (χ1n) is 11.2. The molecule has 0 spiro atoms. The first kappa shape index (κ1) is 20.6. The molecule has 4 nitrogen and oxygen atoms in total. The normalized spacial score (nSPS) is 26.2. The van der Waals surface area contributed by atoms with Gasteiger partial charge in [-0.2, -0.15) is 0 Å². The van der Waals surface area contributed by atoms with Gasteiger partial charge >= 0.3 is 0 Å². The second-order valence-corrected chi connectivity index (χ2v) is 9.42. The number of phenolic OH excluding ortho intramolecular Hbond substituents is 1. The highest BCUT2D eigenvalue weighted by molar-refractivity contribution is 6.30. The first-order valence-corrected chi connectivity index (χ1v) is 11.6. The number of halogens is 1. The monoisotopic (exact) mass is 436 g/mol. The number of methoxy groups -OCH3 is 1. The quantitative estimate of drug-likeness (QED) is 0.544. The van der Waals surface area contributed by atoms with Crippen molar-refractivity contribution < 1.29 is 9.84 Å². The third-order valence-corrected chi connectivity index (χ3v) is 7.72. The Morgan fingerprint density at radius 1 is 1.19 bits per heavy atom. The van der Waals surface area contributed by atoms with Gasteiger partial charge < -0.3 is 9.84 Å². The Bertz CT molecular complexity index is 1100. The summed E-state index contributed by atoms with van der Waals surface area (Å²) in [6, 6.07) is 13.9. The molecule has 162 valence electrons. The summed E-state index contributed by atoms with van der Waals surface area (Å²) in [5.74, 6) is 2.64. The van der Waals surface area contributed by atoms with Gasteiger partial charge in [-0.3, -0.25) is 9.88 Å². The van der Waals surface area contributed by atoms with Crippen LogP contribution in [-0.2, 0) is 0 Å². The van der Waals surface area contributed by atoms with E-state index in [9.17, 15) is 5.11 Å². The highest BCUT2D eigenvalue weighted by Gasteiger charge is 2.44. The SMILES string of the molecule is CC[C@H]1CN2CC[C@H]1C[C@H]2[C@@H](c1cc(Cl)ccc1O)c1ccnc2ccc(OC)cc12. The van der Waals surface area contributed by atoms with Gasteiger partial charge in [-0.15, -0.1) is 0 Å². The highest BCUT2D eigenvalue weighted by Crippen LogP contribution is 2.48. The average molecular weight is 437 g/mol. The van der Waals surface area contributed by atoms with Crippen LogP contribution in [0.4, 0.5) is 0 Å². The van der Waals surface area contributed by atoms with E-state index >= 15 is 0 Å². The first-order chi connectivity index (χ1) is 15.1. The van der Waals surface area contributed by atoms with Crippen LogP contribution >= 0.6 is 11.6 Å². The molecule has 1 aromatic heterocycles. The maximum Gasteiger partial charge on any atom is 0.119 e. The van der Waals surface area contributed by atoms with Crippen molar-refractivity contribution in [2.45, 2.75) is 38.1 Å². The molecular formula is C26H29ClN2O2. The van der Waals surface area contributed by atoms with E-state index in [1.807, 2.05) is 24.4 Å². The number of rotatable bonds is 5. The molecule has 5 atom stereocenters. The molecule has 3 aliphatic heterocycles. The Morgan fingerprint density at radius 2 is 2.06 bits per heavy atom. The van der Waals surface area contributed by atoms with Crippen molar-refractivity contribution in [3.8, 4) is 11.5 Å². The lowest BCUT2D eigenvalue weighted by Crippen LogP contribution is -2.55. The third-order valence-electron chi connectivity index (χ3n) is 7.49. The number of aromatic nitrogens is 1.